The number of nitrogens with one attached hydrogen (secondary N) is 2. The maximum Gasteiger partial charge on any atom is 0.277 e. The van der Waals surface area contributed by atoms with E-state index >= 15 is 0 Å². The molecule has 0 spiro atoms. The molecule has 1 aliphatic heterocycles. The number of hydroxylamine groups is 1. The van der Waals surface area contributed by atoms with Crippen LogP contribution in [0.15, 0.2) is 59.1 Å². The van der Waals surface area contributed by atoms with Crippen LogP contribution in [-0.4, -0.2) is 49.1 Å². The molecule has 0 saturated carbocycles. The van der Waals surface area contributed by atoms with Gasteiger partial charge >= 0.3 is 0 Å². The number of hydrogen-bond donors (Lipinski definition) is 3. The molecule has 9 nitrogen and oxygen atoms in total. The lowest BCUT2D eigenvalue weighted by Gasteiger charge is -2.32. The van der Waals surface area contributed by atoms with Gasteiger partial charge in [0.1, 0.15) is 0 Å². The number of piperidine rings is 1. The molecule has 3 aromatic rings. The molecule has 1 aromatic carbocycles. The summed E-state index contributed by atoms with van der Waals surface area (Å²) in [4.78, 5) is 23.0. The van der Waals surface area contributed by atoms with Crippen LogP contribution in [0, 0.1) is 5.92 Å². The summed E-state index contributed by atoms with van der Waals surface area (Å²) >= 11 is 1.51. The Balaban J connectivity index is 1.35. The van der Waals surface area contributed by atoms with E-state index in [1.54, 1.807) is 17.6 Å². The van der Waals surface area contributed by atoms with Crippen LogP contribution >= 0.6 is 11.3 Å². The van der Waals surface area contributed by atoms with E-state index in [0.717, 1.165) is 17.7 Å². The Labute approximate surface area is 190 Å². The van der Waals surface area contributed by atoms with Crippen molar-refractivity contribution in [2.45, 2.75) is 17.7 Å². The zero-order valence-corrected chi connectivity index (χ0v) is 18.8. The minimum Gasteiger partial charge on any atom is -0.341 e. The molecule has 0 unspecified atom stereocenters. The van der Waals surface area contributed by atoms with Crippen LogP contribution in [0.5, 0.6) is 0 Å². The number of thiophene rings is 1. The molecule has 11 heteroatoms. The molecular weight excluding hydrogens is 450 g/mol. The fourth-order valence-electron chi connectivity index (χ4n) is 3.65. The van der Waals surface area contributed by atoms with Gasteiger partial charge in [0.05, 0.1) is 10.5 Å². The van der Waals surface area contributed by atoms with Crippen LogP contribution < -0.4 is 15.1 Å². The van der Waals surface area contributed by atoms with Crippen molar-refractivity contribution >= 4 is 33.2 Å². The van der Waals surface area contributed by atoms with Gasteiger partial charge in [0.2, 0.25) is 16.0 Å². The van der Waals surface area contributed by atoms with Gasteiger partial charge in [0, 0.05) is 42.5 Å². The van der Waals surface area contributed by atoms with Crippen LogP contribution in [0.25, 0.3) is 10.4 Å². The maximum atomic E-state index is 13.0. The highest BCUT2D eigenvalue weighted by molar-refractivity contribution is 7.89. The Bertz CT molecular complexity index is 1160. The second-order valence-corrected chi connectivity index (χ2v) is 10.2. The summed E-state index contributed by atoms with van der Waals surface area (Å²) in [5.74, 6) is 0.0426. The van der Waals surface area contributed by atoms with Crippen LogP contribution in [0.1, 0.15) is 23.2 Å². The molecular formula is C21H23N5O4S2. The molecule has 1 amide bonds. The van der Waals surface area contributed by atoms with E-state index in [0.29, 0.717) is 36.0 Å². The second-order valence-electron chi connectivity index (χ2n) is 7.47. The molecule has 0 aliphatic carbocycles. The van der Waals surface area contributed by atoms with Crippen molar-refractivity contribution < 1.29 is 18.4 Å². The Morgan fingerprint density at radius 3 is 2.50 bits per heavy atom. The Kier molecular flexibility index (Phi) is 6.80. The molecule has 0 atom stereocenters. The molecule has 2 aromatic heterocycles. The topological polar surface area (TPSA) is 125 Å². The van der Waals surface area contributed by atoms with Gasteiger partial charge in [-0.3, -0.25) is 10.0 Å². The Hall–Kier alpha value is -2.86. The summed E-state index contributed by atoms with van der Waals surface area (Å²) in [5.41, 5.74) is 2.43. The summed E-state index contributed by atoms with van der Waals surface area (Å²) in [5, 5.41) is 10.6. The standard InChI is InChI=1S/C21H23N5O4S2/c27-20(25-28)16-13-22-21(23-14-16)26-9-7-15(8-10-26)12-24-32(29,30)19-6-2-1-4-17(19)18-5-3-11-31-18/h1-6,11,13-15,24,28H,7-10,12H2,(H,25,27). The number of carbonyl (C=O) groups is 1. The number of sulfonamides is 1. The molecule has 1 fully saturated rings. The molecule has 1 aliphatic rings. The summed E-state index contributed by atoms with van der Waals surface area (Å²) < 4.78 is 28.8. The zero-order chi connectivity index (χ0) is 22.6. The fraction of sp³-hybridized carbons (Fsp3) is 0.286. The largest absolute Gasteiger partial charge is 0.341 e. The van der Waals surface area contributed by atoms with Crippen molar-refractivity contribution in [3.8, 4) is 10.4 Å². The molecule has 1 saturated heterocycles. The van der Waals surface area contributed by atoms with Crippen LogP contribution in [0.2, 0.25) is 0 Å². The zero-order valence-electron chi connectivity index (χ0n) is 17.1. The third-order valence-electron chi connectivity index (χ3n) is 5.42. The number of rotatable bonds is 7. The first-order valence-corrected chi connectivity index (χ1v) is 12.5. The van der Waals surface area contributed by atoms with E-state index in [1.807, 2.05) is 34.5 Å². The normalized spacial score (nSPS) is 15.0. The highest BCUT2D eigenvalue weighted by Crippen LogP contribution is 2.31. The smallest absolute Gasteiger partial charge is 0.277 e. The van der Waals surface area contributed by atoms with Gasteiger partial charge in [-0.25, -0.2) is 28.6 Å². The molecule has 0 radical (unpaired) electrons. The summed E-state index contributed by atoms with van der Waals surface area (Å²) in [6.07, 6.45) is 4.30. The van der Waals surface area contributed by atoms with E-state index in [9.17, 15) is 13.2 Å². The first-order chi connectivity index (χ1) is 15.5. The number of anilines is 1. The highest BCUT2D eigenvalue weighted by atomic mass is 32.2. The lowest BCUT2D eigenvalue weighted by atomic mass is 9.97. The number of carbonyl (C=O) groups excluding carboxylic acids is 1. The van der Waals surface area contributed by atoms with Gasteiger partial charge in [-0.1, -0.05) is 24.3 Å². The van der Waals surface area contributed by atoms with Crippen LogP contribution in [0.3, 0.4) is 0 Å². The van der Waals surface area contributed by atoms with Gasteiger partial charge in [0.25, 0.3) is 5.91 Å². The quantitative estimate of drug-likeness (QED) is 0.356. The molecule has 3 N–H and O–H groups in total. The number of aromatic nitrogens is 2. The van der Waals surface area contributed by atoms with Gasteiger partial charge in [0.15, 0.2) is 0 Å². The molecule has 168 valence electrons. The van der Waals surface area contributed by atoms with Gasteiger partial charge in [-0.05, 0) is 36.3 Å². The second kappa shape index (κ2) is 9.74. The van der Waals surface area contributed by atoms with Crippen molar-refractivity contribution in [2.75, 3.05) is 24.5 Å². The van der Waals surface area contributed by atoms with Crippen molar-refractivity contribution in [3.63, 3.8) is 0 Å². The fourth-order valence-corrected chi connectivity index (χ4v) is 5.81. The first kappa shape index (κ1) is 22.3. The third kappa shape index (κ3) is 4.96. The average molecular weight is 474 g/mol. The van der Waals surface area contributed by atoms with Gasteiger partial charge < -0.3 is 4.90 Å². The van der Waals surface area contributed by atoms with E-state index in [4.69, 9.17) is 5.21 Å². The Morgan fingerprint density at radius 1 is 1.12 bits per heavy atom. The molecule has 3 heterocycles. The predicted molar refractivity (Wildman–Crippen MR) is 121 cm³/mol. The average Bonchev–Trinajstić information content (AvgIpc) is 3.38. The molecule has 32 heavy (non-hydrogen) atoms. The minimum absolute atomic E-state index is 0.170. The highest BCUT2D eigenvalue weighted by Gasteiger charge is 2.25. The monoisotopic (exact) mass is 473 g/mol. The minimum atomic E-state index is -3.64. The lowest BCUT2D eigenvalue weighted by Crippen LogP contribution is -2.39. The van der Waals surface area contributed by atoms with E-state index < -0.39 is 15.9 Å². The maximum absolute atomic E-state index is 13.0. The van der Waals surface area contributed by atoms with E-state index in [1.165, 1.54) is 23.7 Å². The lowest BCUT2D eigenvalue weighted by molar-refractivity contribution is 0.0705. The van der Waals surface area contributed by atoms with Gasteiger partial charge in [-0.2, -0.15) is 0 Å². The SMILES string of the molecule is O=C(NO)c1cnc(N2CCC(CNS(=O)(=O)c3ccccc3-c3cccs3)CC2)nc1. The first-order valence-electron chi connectivity index (χ1n) is 10.1. The summed E-state index contributed by atoms with van der Waals surface area (Å²) in [7, 11) is -3.64. The Morgan fingerprint density at radius 2 is 1.84 bits per heavy atom. The van der Waals surface area contributed by atoms with Crippen molar-refractivity contribution in [2.24, 2.45) is 5.92 Å². The van der Waals surface area contributed by atoms with E-state index in [2.05, 4.69) is 14.7 Å². The number of hydrogen-bond acceptors (Lipinski definition) is 8. The van der Waals surface area contributed by atoms with Crippen LogP contribution in [-0.2, 0) is 10.0 Å². The molecule has 0 bridgehead atoms. The number of benzene rings is 1. The van der Waals surface area contributed by atoms with Crippen LogP contribution in [0.4, 0.5) is 5.95 Å². The van der Waals surface area contributed by atoms with Crippen molar-refractivity contribution in [1.82, 2.24) is 20.2 Å². The number of nitrogens with zero attached hydrogens (tertiary/aromatic N) is 3. The summed E-state index contributed by atoms with van der Waals surface area (Å²) in [6.45, 7) is 1.73. The number of amides is 1. The van der Waals surface area contributed by atoms with Gasteiger partial charge in [-0.15, -0.1) is 11.3 Å². The van der Waals surface area contributed by atoms with E-state index in [-0.39, 0.29) is 11.5 Å². The van der Waals surface area contributed by atoms with Crippen molar-refractivity contribution in [1.29, 1.82) is 0 Å². The third-order valence-corrected chi connectivity index (χ3v) is 7.81. The molecule has 4 rings (SSSR count). The summed E-state index contributed by atoms with van der Waals surface area (Å²) in [6, 6.07) is 10.9. The van der Waals surface area contributed by atoms with Crippen molar-refractivity contribution in [3.05, 3.63) is 59.7 Å². The predicted octanol–water partition coefficient (Wildman–Crippen LogP) is 2.52.